The summed E-state index contributed by atoms with van der Waals surface area (Å²) in [7, 11) is 0. The lowest BCUT2D eigenvalue weighted by atomic mass is 9.71. The Morgan fingerprint density at radius 3 is 2.43 bits per heavy atom. The fraction of sp³-hybridized carbons (Fsp3) is 1.00. The molecule has 2 rings (SSSR count). The quantitative estimate of drug-likeness (QED) is 0.694. The highest BCUT2D eigenvalue weighted by Gasteiger charge is 2.32. The second kappa shape index (κ2) is 9.04. The monoisotopic (exact) mass is 344 g/mol. The molecular weight excluding hydrogens is 308 g/mol. The highest BCUT2D eigenvalue weighted by Crippen LogP contribution is 2.39. The van der Waals surface area contributed by atoms with E-state index in [1.165, 1.54) is 19.3 Å². The molecule has 0 unspecified atom stereocenters. The maximum Gasteiger partial charge on any atom is 0.0598 e. The van der Waals surface area contributed by atoms with E-state index >= 15 is 0 Å². The molecule has 5 heteroatoms. The Bertz CT molecular complexity index is 346. The summed E-state index contributed by atoms with van der Waals surface area (Å²) in [5.74, 6) is 0.765. The standard InChI is InChI=1S/C18H36N2O2S/c1-15-10-16(12-18(2,3)11-15)22-14-17(23)13-20-6-4-19(5-7-20)8-9-21/h15-17,21,23H,4-14H2,1-3H3/t15-,16+,17-/m0/s1. The molecule has 1 saturated heterocycles. The third kappa shape index (κ3) is 6.91. The summed E-state index contributed by atoms with van der Waals surface area (Å²) in [6.45, 7) is 14.2. The molecule has 136 valence electrons. The average Bonchev–Trinajstić information content (AvgIpc) is 2.45. The van der Waals surface area contributed by atoms with Gasteiger partial charge in [-0.25, -0.2) is 0 Å². The lowest BCUT2D eigenvalue weighted by Gasteiger charge is -2.39. The highest BCUT2D eigenvalue weighted by molar-refractivity contribution is 7.81. The Balaban J connectivity index is 1.64. The van der Waals surface area contributed by atoms with Crippen molar-refractivity contribution in [3.63, 3.8) is 0 Å². The molecule has 2 aliphatic rings. The molecule has 0 spiro atoms. The Labute approximate surface area is 148 Å². The van der Waals surface area contributed by atoms with Gasteiger partial charge >= 0.3 is 0 Å². The molecule has 23 heavy (non-hydrogen) atoms. The van der Waals surface area contributed by atoms with Gasteiger partial charge in [0, 0.05) is 44.5 Å². The fourth-order valence-corrected chi connectivity index (χ4v) is 4.64. The lowest BCUT2D eigenvalue weighted by Crippen LogP contribution is -2.49. The van der Waals surface area contributed by atoms with Crippen molar-refractivity contribution in [3.8, 4) is 0 Å². The maximum atomic E-state index is 9.00. The number of piperazine rings is 1. The number of rotatable bonds is 7. The van der Waals surface area contributed by atoms with Gasteiger partial charge in [-0.2, -0.15) is 12.6 Å². The summed E-state index contributed by atoms with van der Waals surface area (Å²) in [4.78, 5) is 4.80. The highest BCUT2D eigenvalue weighted by atomic mass is 32.1. The van der Waals surface area contributed by atoms with Gasteiger partial charge < -0.3 is 9.84 Å². The summed E-state index contributed by atoms with van der Waals surface area (Å²) in [5.41, 5.74) is 0.414. The van der Waals surface area contributed by atoms with Crippen molar-refractivity contribution in [2.75, 3.05) is 52.5 Å². The summed E-state index contributed by atoms with van der Waals surface area (Å²) in [5, 5.41) is 9.29. The van der Waals surface area contributed by atoms with Gasteiger partial charge in [0.25, 0.3) is 0 Å². The van der Waals surface area contributed by atoms with Crippen LogP contribution in [0.15, 0.2) is 0 Å². The number of nitrogens with zero attached hydrogens (tertiary/aromatic N) is 2. The number of aliphatic hydroxyl groups is 1. The molecule has 1 aliphatic carbocycles. The molecule has 2 fully saturated rings. The molecule has 1 heterocycles. The minimum absolute atomic E-state index is 0.263. The van der Waals surface area contributed by atoms with Gasteiger partial charge in [-0.05, 0) is 30.6 Å². The largest absolute Gasteiger partial charge is 0.395 e. The Morgan fingerprint density at radius 1 is 1.17 bits per heavy atom. The van der Waals surface area contributed by atoms with Crippen LogP contribution < -0.4 is 0 Å². The zero-order valence-corrected chi connectivity index (χ0v) is 16.1. The molecule has 0 aromatic heterocycles. The van der Waals surface area contributed by atoms with E-state index in [1.807, 2.05) is 0 Å². The van der Waals surface area contributed by atoms with Crippen molar-refractivity contribution in [3.05, 3.63) is 0 Å². The smallest absolute Gasteiger partial charge is 0.0598 e. The van der Waals surface area contributed by atoms with E-state index in [2.05, 4.69) is 30.6 Å². The van der Waals surface area contributed by atoms with Crippen LogP contribution in [0.25, 0.3) is 0 Å². The van der Waals surface area contributed by atoms with E-state index in [9.17, 15) is 0 Å². The summed E-state index contributed by atoms with van der Waals surface area (Å²) in [6, 6.07) is 0. The van der Waals surface area contributed by atoms with Crippen molar-refractivity contribution in [2.24, 2.45) is 11.3 Å². The first kappa shape index (κ1) is 19.5. The number of hydrogen-bond acceptors (Lipinski definition) is 5. The van der Waals surface area contributed by atoms with E-state index in [4.69, 9.17) is 22.5 Å². The van der Waals surface area contributed by atoms with Crippen molar-refractivity contribution in [1.29, 1.82) is 0 Å². The van der Waals surface area contributed by atoms with Gasteiger partial charge in [0.15, 0.2) is 0 Å². The van der Waals surface area contributed by atoms with Crippen LogP contribution >= 0.6 is 12.6 Å². The number of hydrogen-bond donors (Lipinski definition) is 2. The minimum Gasteiger partial charge on any atom is -0.395 e. The first-order chi connectivity index (χ1) is 10.9. The van der Waals surface area contributed by atoms with E-state index < -0.39 is 0 Å². The third-order valence-corrected chi connectivity index (χ3v) is 5.53. The van der Waals surface area contributed by atoms with Crippen molar-refractivity contribution in [1.82, 2.24) is 9.80 Å². The fourth-order valence-electron chi connectivity index (χ4n) is 4.32. The molecule has 0 aromatic carbocycles. The number of aliphatic hydroxyl groups excluding tert-OH is 1. The first-order valence-corrected chi connectivity index (χ1v) is 9.75. The van der Waals surface area contributed by atoms with Crippen LogP contribution in [0, 0.1) is 11.3 Å². The van der Waals surface area contributed by atoms with Crippen LogP contribution in [0.2, 0.25) is 0 Å². The normalized spacial score (nSPS) is 31.2. The topological polar surface area (TPSA) is 35.9 Å². The molecule has 1 N–H and O–H groups in total. The maximum absolute atomic E-state index is 9.00. The molecule has 0 amide bonds. The van der Waals surface area contributed by atoms with E-state index in [-0.39, 0.29) is 6.61 Å². The first-order valence-electron chi connectivity index (χ1n) is 9.23. The second-order valence-electron chi connectivity index (χ2n) is 8.39. The van der Waals surface area contributed by atoms with Crippen LogP contribution in [-0.4, -0.2) is 78.7 Å². The Hall–Kier alpha value is 0.190. The molecule has 0 radical (unpaired) electrons. The lowest BCUT2D eigenvalue weighted by molar-refractivity contribution is -0.0244. The van der Waals surface area contributed by atoms with Crippen molar-refractivity contribution >= 4 is 12.6 Å². The number of β-amino-alcohol motifs (C(OH)–C–C–N with tert-alkyl or cyclic N) is 1. The average molecular weight is 345 g/mol. The summed E-state index contributed by atoms with van der Waals surface area (Å²) in [6.07, 6.45) is 4.10. The Morgan fingerprint density at radius 2 is 1.83 bits per heavy atom. The molecule has 0 aromatic rings. The van der Waals surface area contributed by atoms with Crippen LogP contribution in [0.1, 0.15) is 40.0 Å². The second-order valence-corrected chi connectivity index (χ2v) is 9.12. The van der Waals surface area contributed by atoms with Gasteiger partial charge in [0.1, 0.15) is 0 Å². The predicted octanol–water partition coefficient (Wildman–Crippen LogP) is 2.13. The molecule has 3 atom stereocenters. The van der Waals surface area contributed by atoms with Crippen LogP contribution in [0.4, 0.5) is 0 Å². The van der Waals surface area contributed by atoms with Gasteiger partial charge in [-0.1, -0.05) is 20.8 Å². The molecule has 1 aliphatic heterocycles. The zero-order valence-electron chi connectivity index (χ0n) is 15.2. The van der Waals surface area contributed by atoms with Gasteiger partial charge in [0.05, 0.1) is 19.3 Å². The molecule has 1 saturated carbocycles. The molecular formula is C18H36N2O2S. The van der Waals surface area contributed by atoms with Crippen LogP contribution in [-0.2, 0) is 4.74 Å². The minimum atomic E-state index is 0.263. The van der Waals surface area contributed by atoms with Crippen LogP contribution in [0.5, 0.6) is 0 Å². The number of ether oxygens (including phenoxy) is 1. The van der Waals surface area contributed by atoms with E-state index in [0.29, 0.717) is 16.8 Å². The zero-order chi connectivity index (χ0) is 16.9. The summed E-state index contributed by atoms with van der Waals surface area (Å²) < 4.78 is 6.21. The Kier molecular flexibility index (Phi) is 7.67. The predicted molar refractivity (Wildman–Crippen MR) is 99.3 cm³/mol. The molecule has 0 bridgehead atoms. The SMILES string of the molecule is C[C@H]1C[C@@H](OC[C@@H](S)CN2CCN(CCO)CC2)CC(C)(C)C1. The van der Waals surface area contributed by atoms with Crippen molar-refractivity contribution in [2.45, 2.75) is 51.4 Å². The molecule has 4 nitrogen and oxygen atoms in total. The van der Waals surface area contributed by atoms with Crippen molar-refractivity contribution < 1.29 is 9.84 Å². The van der Waals surface area contributed by atoms with Gasteiger partial charge in [-0.3, -0.25) is 9.80 Å². The van der Waals surface area contributed by atoms with Crippen LogP contribution in [0.3, 0.4) is 0 Å². The van der Waals surface area contributed by atoms with Gasteiger partial charge in [0.2, 0.25) is 0 Å². The van der Waals surface area contributed by atoms with Gasteiger partial charge in [-0.15, -0.1) is 0 Å². The summed E-state index contributed by atoms with van der Waals surface area (Å²) >= 11 is 4.75. The third-order valence-electron chi connectivity index (χ3n) is 5.22. The van der Waals surface area contributed by atoms with E-state index in [0.717, 1.165) is 51.8 Å². The number of thiol groups is 1. The van der Waals surface area contributed by atoms with E-state index in [1.54, 1.807) is 0 Å².